The number of thiazole rings is 1. The van der Waals surface area contributed by atoms with Crippen molar-refractivity contribution in [1.29, 1.82) is 0 Å². The third-order valence-corrected chi connectivity index (χ3v) is 8.66. The van der Waals surface area contributed by atoms with Crippen LogP contribution in [0.15, 0.2) is 11.6 Å². The van der Waals surface area contributed by atoms with Crippen molar-refractivity contribution in [3.8, 4) is 0 Å². The average molecular weight is 509 g/mol. The normalized spacial score (nSPS) is 23.1. The number of amides is 2. The molecule has 2 aliphatic heterocycles. The Morgan fingerprint density at radius 3 is 2.59 bits per heavy atom. The van der Waals surface area contributed by atoms with Gasteiger partial charge in [-0.05, 0) is 38.3 Å². The van der Waals surface area contributed by atoms with Crippen molar-refractivity contribution in [3.05, 3.63) is 11.6 Å². The Morgan fingerprint density at radius 1 is 1.12 bits per heavy atom. The topological polar surface area (TPSA) is 80.8 Å². The number of likely N-dealkylation sites (tertiary alicyclic amines) is 1. The van der Waals surface area contributed by atoms with E-state index >= 15 is 0 Å². The van der Waals surface area contributed by atoms with Crippen molar-refractivity contribution >= 4 is 40.9 Å². The zero-order valence-electron chi connectivity index (χ0n) is 20.2. The van der Waals surface area contributed by atoms with Gasteiger partial charge in [-0.25, -0.2) is 4.98 Å². The van der Waals surface area contributed by atoms with Gasteiger partial charge in [-0.2, -0.15) is 0 Å². The quantitative estimate of drug-likeness (QED) is 0.333. The first kappa shape index (κ1) is 25.9. The van der Waals surface area contributed by atoms with Crippen molar-refractivity contribution in [2.45, 2.75) is 69.3 Å². The Kier molecular flexibility index (Phi) is 10.0. The second-order valence-electron chi connectivity index (χ2n) is 9.87. The van der Waals surface area contributed by atoms with E-state index in [2.05, 4.69) is 25.4 Å². The summed E-state index contributed by atoms with van der Waals surface area (Å²) in [4.78, 5) is 37.1. The Morgan fingerprint density at radius 2 is 1.88 bits per heavy atom. The van der Waals surface area contributed by atoms with Gasteiger partial charge < -0.3 is 15.1 Å². The maximum absolute atomic E-state index is 13.3. The fourth-order valence-electron chi connectivity index (χ4n) is 5.50. The van der Waals surface area contributed by atoms with E-state index in [1.807, 2.05) is 10.3 Å². The smallest absolute Gasteiger partial charge is 0.248 e. The molecule has 1 aromatic rings. The maximum Gasteiger partial charge on any atom is 0.248 e. The van der Waals surface area contributed by atoms with Crippen LogP contribution in [0.5, 0.6) is 0 Å². The van der Waals surface area contributed by atoms with Gasteiger partial charge in [0.1, 0.15) is 11.5 Å². The predicted molar refractivity (Wildman–Crippen MR) is 140 cm³/mol. The Labute approximate surface area is 213 Å². The number of piperidine rings is 1. The molecule has 3 heterocycles. The number of carbonyl (C=O) groups excluding carboxylic acids is 2. The van der Waals surface area contributed by atoms with Crippen LogP contribution in [0.3, 0.4) is 0 Å². The fraction of sp³-hybridized carbons (Fsp3) is 0.792. The van der Waals surface area contributed by atoms with Gasteiger partial charge in [0.2, 0.25) is 11.8 Å². The summed E-state index contributed by atoms with van der Waals surface area (Å²) in [7, 11) is 0. The van der Waals surface area contributed by atoms with Crippen molar-refractivity contribution in [1.82, 2.24) is 25.0 Å². The number of carbonyl (C=O) groups is 2. The van der Waals surface area contributed by atoms with E-state index in [1.54, 1.807) is 6.20 Å². The highest BCUT2D eigenvalue weighted by Gasteiger charge is 2.37. The van der Waals surface area contributed by atoms with E-state index in [0.717, 1.165) is 32.4 Å². The molecular formula is C24H40N6O2S2. The SMILES string of the molecule is O=C(Nc1nccs1)[C@H](CC1CCCCC1)N1CCN(C(S)NCCN2CCCCC2)CC1=O. The summed E-state index contributed by atoms with van der Waals surface area (Å²) in [5.41, 5.74) is -0.156. The zero-order chi connectivity index (χ0) is 23.8. The predicted octanol–water partition coefficient (Wildman–Crippen LogP) is 2.85. The molecule has 8 nitrogen and oxygen atoms in total. The summed E-state index contributed by atoms with van der Waals surface area (Å²) in [6.07, 6.45) is 12.4. The summed E-state index contributed by atoms with van der Waals surface area (Å²) in [5.74, 6) is 0.406. The summed E-state index contributed by atoms with van der Waals surface area (Å²) < 4.78 is 0. The fourth-order valence-corrected chi connectivity index (χ4v) is 6.35. The van der Waals surface area contributed by atoms with E-state index in [0.29, 0.717) is 24.1 Å². The van der Waals surface area contributed by atoms with Crippen LogP contribution in [-0.4, -0.2) is 88.9 Å². The number of hydrogen-bond acceptors (Lipinski definition) is 8. The Hall–Kier alpha value is -1.20. The van der Waals surface area contributed by atoms with Crippen LogP contribution in [0.4, 0.5) is 5.13 Å². The van der Waals surface area contributed by atoms with Gasteiger partial charge in [-0.1, -0.05) is 38.5 Å². The molecule has 0 aromatic carbocycles. The largest absolute Gasteiger partial charge is 0.328 e. The minimum Gasteiger partial charge on any atom is -0.328 e. The number of hydrogen-bond donors (Lipinski definition) is 3. The molecule has 1 aromatic heterocycles. The number of piperazine rings is 1. The molecule has 1 unspecified atom stereocenters. The second kappa shape index (κ2) is 13.2. The summed E-state index contributed by atoms with van der Waals surface area (Å²) in [5, 5.41) is 8.87. The van der Waals surface area contributed by atoms with Crippen molar-refractivity contribution in [2.24, 2.45) is 5.92 Å². The van der Waals surface area contributed by atoms with Crippen molar-refractivity contribution < 1.29 is 9.59 Å². The lowest BCUT2D eigenvalue weighted by Crippen LogP contribution is -2.60. The van der Waals surface area contributed by atoms with Gasteiger partial charge in [-0.3, -0.25) is 19.8 Å². The lowest BCUT2D eigenvalue weighted by molar-refractivity contribution is -0.144. The van der Waals surface area contributed by atoms with Crippen LogP contribution in [0.25, 0.3) is 0 Å². The molecule has 34 heavy (non-hydrogen) atoms. The minimum absolute atomic E-state index is 0.0122. The van der Waals surface area contributed by atoms with E-state index in [9.17, 15) is 9.59 Å². The number of nitrogens with zero attached hydrogens (tertiary/aromatic N) is 4. The zero-order valence-corrected chi connectivity index (χ0v) is 21.9. The molecule has 190 valence electrons. The Bertz CT molecular complexity index is 768. The van der Waals surface area contributed by atoms with Crippen LogP contribution in [-0.2, 0) is 9.59 Å². The molecule has 0 bridgehead atoms. The highest BCUT2D eigenvalue weighted by Crippen LogP contribution is 2.30. The molecule has 0 radical (unpaired) electrons. The molecule has 1 aliphatic carbocycles. The molecule has 10 heteroatoms. The van der Waals surface area contributed by atoms with Gasteiger partial charge in [0.25, 0.3) is 0 Å². The molecule has 2 atom stereocenters. The standard InChI is InChI=1S/C24H40N6O2S2/c31-21-18-29(24(33)26-9-13-28-11-5-2-6-12-28)14-15-30(21)20(17-19-7-3-1-4-8-19)22(32)27-23-25-10-16-34-23/h10,16,19-20,24,26,33H,1-9,11-15,17-18H2,(H,25,27,32)/t20-,24?/m0/s1. The number of thiol groups is 1. The number of rotatable bonds is 10. The summed E-state index contributed by atoms with van der Waals surface area (Å²) in [6, 6.07) is -0.438. The first-order valence-corrected chi connectivity index (χ1v) is 14.4. The highest BCUT2D eigenvalue weighted by atomic mass is 32.1. The van der Waals surface area contributed by atoms with Crippen LogP contribution >= 0.6 is 24.0 Å². The van der Waals surface area contributed by atoms with Crippen molar-refractivity contribution in [3.63, 3.8) is 0 Å². The third kappa shape index (κ3) is 7.40. The van der Waals surface area contributed by atoms with Crippen LogP contribution < -0.4 is 10.6 Å². The van der Waals surface area contributed by atoms with Gasteiger partial charge in [0.15, 0.2) is 5.13 Å². The first-order chi connectivity index (χ1) is 16.6. The molecule has 1 saturated carbocycles. The van der Waals surface area contributed by atoms with E-state index < -0.39 is 6.04 Å². The number of anilines is 1. The first-order valence-electron chi connectivity index (χ1n) is 13.0. The van der Waals surface area contributed by atoms with Crippen LogP contribution in [0, 0.1) is 5.92 Å². The molecule has 2 amide bonds. The number of nitrogens with one attached hydrogen (secondary N) is 2. The molecule has 0 spiro atoms. The third-order valence-electron chi connectivity index (χ3n) is 7.46. The Balaban J connectivity index is 1.30. The maximum atomic E-state index is 13.3. The van der Waals surface area contributed by atoms with Crippen LogP contribution in [0.1, 0.15) is 57.8 Å². The van der Waals surface area contributed by atoms with E-state index in [4.69, 9.17) is 12.6 Å². The van der Waals surface area contributed by atoms with Crippen LogP contribution in [0.2, 0.25) is 0 Å². The van der Waals surface area contributed by atoms with E-state index in [1.165, 1.54) is 63.0 Å². The molecular weight excluding hydrogens is 468 g/mol. The van der Waals surface area contributed by atoms with E-state index in [-0.39, 0.29) is 23.9 Å². The molecule has 3 fully saturated rings. The summed E-state index contributed by atoms with van der Waals surface area (Å²) in [6.45, 7) is 5.79. The molecule has 2 N–H and O–H groups in total. The molecule has 2 saturated heterocycles. The van der Waals surface area contributed by atoms with Gasteiger partial charge >= 0.3 is 0 Å². The average Bonchev–Trinajstić information content (AvgIpc) is 3.37. The molecule has 3 aliphatic rings. The number of aromatic nitrogens is 1. The highest BCUT2D eigenvalue weighted by molar-refractivity contribution is 7.80. The lowest BCUT2D eigenvalue weighted by Gasteiger charge is -2.41. The minimum atomic E-state index is -0.438. The van der Waals surface area contributed by atoms with Crippen molar-refractivity contribution in [2.75, 3.05) is 51.1 Å². The monoisotopic (exact) mass is 508 g/mol. The summed E-state index contributed by atoms with van der Waals surface area (Å²) >= 11 is 6.15. The van der Waals surface area contributed by atoms with Gasteiger partial charge in [0.05, 0.1) is 6.54 Å². The van der Waals surface area contributed by atoms with Gasteiger partial charge in [0, 0.05) is 37.8 Å². The molecule has 4 rings (SSSR count). The lowest BCUT2D eigenvalue weighted by atomic mass is 9.84. The van der Waals surface area contributed by atoms with Gasteiger partial charge in [-0.15, -0.1) is 24.0 Å². The second-order valence-corrected chi connectivity index (χ2v) is 11.3.